The van der Waals surface area contributed by atoms with Crippen LogP contribution in [0, 0.1) is 0 Å². The number of pyridine rings is 1. The van der Waals surface area contributed by atoms with Gasteiger partial charge in [-0.3, -0.25) is 0 Å². The van der Waals surface area contributed by atoms with E-state index >= 15 is 0 Å². The Labute approximate surface area is 166 Å². The molecule has 0 fully saturated rings. The van der Waals surface area contributed by atoms with Gasteiger partial charge in [0.1, 0.15) is 5.75 Å². The lowest BCUT2D eigenvalue weighted by molar-refractivity contribution is 0.114. The third kappa shape index (κ3) is 3.34. The molecule has 0 amide bonds. The molecule has 1 aromatic carbocycles. The molecule has 3 aromatic heterocycles. The monoisotopic (exact) mass is 376 g/mol. The van der Waals surface area contributed by atoms with Crippen LogP contribution in [0.3, 0.4) is 0 Å². The highest BCUT2D eigenvalue weighted by Crippen LogP contribution is 2.39. The number of aromatic nitrogens is 1. The molecule has 0 saturated heterocycles. The summed E-state index contributed by atoms with van der Waals surface area (Å²) in [6.45, 7) is 4.64. The molecule has 0 aliphatic heterocycles. The molecule has 0 unspecified atom stereocenters. The Morgan fingerprint density at radius 2 is 1.75 bits per heavy atom. The van der Waals surface area contributed by atoms with Gasteiger partial charge in [-0.2, -0.15) is 0 Å². The predicted octanol–water partition coefficient (Wildman–Crippen LogP) is 4.93. The SMILES string of the molecule is CCc1c(-c2ccc(O)cc2)c2cc(COCCCN(C)C)c3cccc1n32. The van der Waals surface area contributed by atoms with Crippen LogP contribution in [0.4, 0.5) is 0 Å². The minimum atomic E-state index is 0.296. The molecule has 4 aromatic rings. The fourth-order valence-corrected chi connectivity index (χ4v) is 4.11. The minimum absolute atomic E-state index is 0.296. The van der Waals surface area contributed by atoms with E-state index in [9.17, 15) is 5.11 Å². The van der Waals surface area contributed by atoms with Crippen molar-refractivity contribution < 1.29 is 9.84 Å². The summed E-state index contributed by atoms with van der Waals surface area (Å²) >= 11 is 0. The minimum Gasteiger partial charge on any atom is -0.508 e. The molecule has 4 nitrogen and oxygen atoms in total. The molecule has 146 valence electrons. The lowest BCUT2D eigenvalue weighted by atomic mass is 9.99. The fraction of sp³-hybridized carbons (Fsp3) is 0.333. The predicted molar refractivity (Wildman–Crippen MR) is 115 cm³/mol. The fourth-order valence-electron chi connectivity index (χ4n) is 4.11. The maximum absolute atomic E-state index is 9.69. The molecular weight excluding hydrogens is 348 g/mol. The molecule has 0 spiro atoms. The summed E-state index contributed by atoms with van der Waals surface area (Å²) in [6, 6.07) is 16.3. The number of nitrogens with zero attached hydrogens (tertiary/aromatic N) is 2. The summed E-state index contributed by atoms with van der Waals surface area (Å²) < 4.78 is 8.34. The van der Waals surface area contributed by atoms with E-state index in [-0.39, 0.29) is 0 Å². The van der Waals surface area contributed by atoms with Crippen LogP contribution in [0.2, 0.25) is 0 Å². The normalized spacial score (nSPS) is 12.0. The summed E-state index contributed by atoms with van der Waals surface area (Å²) in [6.07, 6.45) is 2.00. The highest BCUT2D eigenvalue weighted by Gasteiger charge is 2.20. The highest BCUT2D eigenvalue weighted by atomic mass is 16.5. The van der Waals surface area contributed by atoms with Crippen molar-refractivity contribution in [3.05, 3.63) is 59.7 Å². The standard InChI is InChI=1S/C24H28N2O2/c1-4-20-22-8-5-7-21-18(16-28-14-6-13-25(2)3)15-23(26(21)22)24(20)17-9-11-19(27)12-10-17/h5,7-12,15,27H,4,6,13-14,16H2,1-3H3. The van der Waals surface area contributed by atoms with E-state index in [0.29, 0.717) is 12.4 Å². The number of phenolic OH excluding ortho intramolecular Hbond substituents is 1. The van der Waals surface area contributed by atoms with Crippen LogP contribution in [0.5, 0.6) is 5.75 Å². The molecule has 4 heteroatoms. The quantitative estimate of drug-likeness (QED) is 0.443. The number of hydrogen-bond acceptors (Lipinski definition) is 3. The number of rotatable bonds is 8. The number of aromatic hydroxyl groups is 1. The summed E-state index contributed by atoms with van der Waals surface area (Å²) in [4.78, 5) is 2.18. The summed E-state index contributed by atoms with van der Waals surface area (Å²) in [7, 11) is 4.17. The second-order valence-corrected chi connectivity index (χ2v) is 7.65. The second-order valence-electron chi connectivity index (χ2n) is 7.65. The third-order valence-electron chi connectivity index (χ3n) is 5.40. The number of hydrogen-bond donors (Lipinski definition) is 1. The first-order valence-corrected chi connectivity index (χ1v) is 9.99. The highest BCUT2D eigenvalue weighted by molar-refractivity contribution is 5.96. The van der Waals surface area contributed by atoms with Crippen molar-refractivity contribution in [1.82, 2.24) is 9.30 Å². The van der Waals surface area contributed by atoms with Crippen molar-refractivity contribution in [1.29, 1.82) is 0 Å². The van der Waals surface area contributed by atoms with Crippen molar-refractivity contribution >= 4 is 16.6 Å². The van der Waals surface area contributed by atoms with Gasteiger partial charge in [0.15, 0.2) is 0 Å². The van der Waals surface area contributed by atoms with E-state index in [1.807, 2.05) is 12.1 Å². The number of ether oxygens (including phenoxy) is 1. The van der Waals surface area contributed by atoms with E-state index < -0.39 is 0 Å². The van der Waals surface area contributed by atoms with Crippen molar-refractivity contribution in [2.75, 3.05) is 27.2 Å². The molecule has 0 saturated carbocycles. The van der Waals surface area contributed by atoms with E-state index in [4.69, 9.17) is 4.74 Å². The third-order valence-corrected chi connectivity index (χ3v) is 5.40. The van der Waals surface area contributed by atoms with Crippen molar-refractivity contribution in [2.24, 2.45) is 0 Å². The topological polar surface area (TPSA) is 37.1 Å². The number of benzene rings is 1. The first-order chi connectivity index (χ1) is 13.6. The average molecular weight is 376 g/mol. The first-order valence-electron chi connectivity index (χ1n) is 9.99. The van der Waals surface area contributed by atoms with Gasteiger partial charge >= 0.3 is 0 Å². The number of phenols is 1. The number of aryl methyl sites for hydroxylation is 1. The first kappa shape index (κ1) is 18.8. The smallest absolute Gasteiger partial charge is 0.115 e. The summed E-state index contributed by atoms with van der Waals surface area (Å²) in [5.41, 5.74) is 8.69. The van der Waals surface area contributed by atoms with Gasteiger partial charge in [-0.25, -0.2) is 0 Å². The van der Waals surface area contributed by atoms with Crippen LogP contribution < -0.4 is 0 Å². The molecule has 1 N–H and O–H groups in total. The molecule has 3 heterocycles. The van der Waals surface area contributed by atoms with Gasteiger partial charge in [-0.15, -0.1) is 0 Å². The van der Waals surface area contributed by atoms with Gasteiger partial charge < -0.3 is 19.1 Å². The Balaban J connectivity index is 1.73. The zero-order valence-corrected chi connectivity index (χ0v) is 16.9. The molecule has 28 heavy (non-hydrogen) atoms. The van der Waals surface area contributed by atoms with Crippen LogP contribution in [-0.4, -0.2) is 41.7 Å². The Morgan fingerprint density at radius 3 is 2.46 bits per heavy atom. The summed E-state index contributed by atoms with van der Waals surface area (Å²) in [5, 5.41) is 9.69. The maximum atomic E-state index is 9.69. The molecule has 0 aliphatic rings. The molecule has 0 bridgehead atoms. The van der Waals surface area contributed by atoms with Gasteiger partial charge in [0, 0.05) is 17.7 Å². The lowest BCUT2D eigenvalue weighted by Crippen LogP contribution is -2.14. The zero-order valence-electron chi connectivity index (χ0n) is 16.9. The van der Waals surface area contributed by atoms with Crippen LogP contribution in [0.25, 0.3) is 27.7 Å². The van der Waals surface area contributed by atoms with Gasteiger partial charge in [-0.1, -0.05) is 25.1 Å². The van der Waals surface area contributed by atoms with E-state index in [1.165, 1.54) is 33.2 Å². The lowest BCUT2D eigenvalue weighted by Gasteiger charge is -2.09. The Hall–Kier alpha value is -2.56. The molecule has 4 rings (SSSR count). The largest absolute Gasteiger partial charge is 0.508 e. The maximum Gasteiger partial charge on any atom is 0.115 e. The zero-order chi connectivity index (χ0) is 19.7. The van der Waals surface area contributed by atoms with Gasteiger partial charge in [-0.05, 0) is 74.9 Å². The van der Waals surface area contributed by atoms with Crippen LogP contribution in [0.15, 0.2) is 48.5 Å². The molecule has 0 atom stereocenters. The van der Waals surface area contributed by atoms with Gasteiger partial charge in [0.2, 0.25) is 0 Å². The van der Waals surface area contributed by atoms with E-state index in [1.54, 1.807) is 12.1 Å². The average Bonchev–Trinajstić information content (AvgIpc) is 3.20. The van der Waals surface area contributed by atoms with Crippen molar-refractivity contribution in [3.8, 4) is 16.9 Å². The van der Waals surface area contributed by atoms with Crippen molar-refractivity contribution in [2.45, 2.75) is 26.4 Å². The van der Waals surface area contributed by atoms with Crippen LogP contribution >= 0.6 is 0 Å². The van der Waals surface area contributed by atoms with Gasteiger partial charge in [0.05, 0.1) is 23.2 Å². The van der Waals surface area contributed by atoms with Crippen molar-refractivity contribution in [3.63, 3.8) is 0 Å². The van der Waals surface area contributed by atoms with E-state index in [0.717, 1.165) is 31.6 Å². The molecule has 0 aliphatic carbocycles. The van der Waals surface area contributed by atoms with Crippen LogP contribution in [0.1, 0.15) is 24.5 Å². The molecule has 0 radical (unpaired) electrons. The van der Waals surface area contributed by atoms with Crippen LogP contribution in [-0.2, 0) is 17.8 Å². The summed E-state index contributed by atoms with van der Waals surface area (Å²) in [5.74, 6) is 0.296. The molecular formula is C24H28N2O2. The van der Waals surface area contributed by atoms with E-state index in [2.05, 4.69) is 54.6 Å². The Kier molecular flexibility index (Phi) is 5.25. The Morgan fingerprint density at radius 1 is 1.00 bits per heavy atom. The van der Waals surface area contributed by atoms with Gasteiger partial charge in [0.25, 0.3) is 0 Å². The Bertz CT molecular complexity index is 1060. The second kappa shape index (κ2) is 7.82.